The summed E-state index contributed by atoms with van der Waals surface area (Å²) >= 11 is 5.87. The van der Waals surface area contributed by atoms with Gasteiger partial charge in [-0.05, 0) is 31.0 Å². The molecule has 0 heterocycles. The molecule has 0 saturated heterocycles. The quantitative estimate of drug-likeness (QED) is 0.605. The van der Waals surface area contributed by atoms with Crippen molar-refractivity contribution in [2.75, 3.05) is 6.54 Å². The van der Waals surface area contributed by atoms with E-state index in [4.69, 9.17) is 11.6 Å². The van der Waals surface area contributed by atoms with Crippen LogP contribution in [0.2, 0.25) is 5.02 Å². The van der Waals surface area contributed by atoms with Crippen LogP contribution in [0.4, 0.5) is 0 Å². The third-order valence-electron chi connectivity index (χ3n) is 2.50. The van der Waals surface area contributed by atoms with E-state index in [1.165, 1.54) is 5.56 Å². The molecule has 1 aromatic rings. The van der Waals surface area contributed by atoms with Gasteiger partial charge >= 0.3 is 0 Å². The van der Waals surface area contributed by atoms with Gasteiger partial charge < -0.3 is 5.32 Å². The largest absolute Gasteiger partial charge is 0.309 e. The van der Waals surface area contributed by atoms with Gasteiger partial charge in [0.1, 0.15) is 0 Å². The van der Waals surface area contributed by atoms with Gasteiger partial charge in [-0.1, -0.05) is 30.7 Å². The Morgan fingerprint density at radius 1 is 1.31 bits per heavy atom. The van der Waals surface area contributed by atoms with Gasteiger partial charge in [0, 0.05) is 24.0 Å². The second-order valence-corrected chi connectivity index (χ2v) is 4.08. The Bertz CT molecular complexity index is 359. The predicted octanol–water partition coefficient (Wildman–Crippen LogP) is 3.79. The van der Waals surface area contributed by atoms with Gasteiger partial charge in [-0.15, -0.1) is 11.8 Å². The number of hydrogen-bond acceptors (Lipinski definition) is 1. The first kappa shape index (κ1) is 13.1. The van der Waals surface area contributed by atoms with Crippen LogP contribution >= 0.6 is 11.6 Å². The highest BCUT2D eigenvalue weighted by Crippen LogP contribution is 2.18. The van der Waals surface area contributed by atoms with E-state index in [-0.39, 0.29) is 0 Å². The number of hydrogen-bond donors (Lipinski definition) is 1. The zero-order chi connectivity index (χ0) is 11.8. The predicted molar refractivity (Wildman–Crippen MR) is 70.6 cm³/mol. The second kappa shape index (κ2) is 7.33. The van der Waals surface area contributed by atoms with Gasteiger partial charge in [0.25, 0.3) is 0 Å². The molecule has 1 unspecified atom stereocenters. The zero-order valence-electron chi connectivity index (χ0n) is 9.89. The molecular weight excluding hydrogens is 218 g/mol. The fourth-order valence-electron chi connectivity index (χ4n) is 1.63. The highest BCUT2D eigenvalue weighted by atomic mass is 35.5. The molecule has 0 aliphatic rings. The van der Waals surface area contributed by atoms with E-state index in [1.807, 2.05) is 19.1 Å². The highest BCUT2D eigenvalue weighted by Gasteiger charge is 2.07. The van der Waals surface area contributed by atoms with Crippen molar-refractivity contribution >= 4 is 11.6 Å². The molecule has 1 nitrogen and oxygen atoms in total. The Kier molecular flexibility index (Phi) is 6.00. The van der Waals surface area contributed by atoms with E-state index in [9.17, 15) is 0 Å². The van der Waals surface area contributed by atoms with E-state index in [0.29, 0.717) is 6.04 Å². The summed E-state index contributed by atoms with van der Waals surface area (Å²) in [6.45, 7) is 4.98. The van der Waals surface area contributed by atoms with Crippen LogP contribution in [0.3, 0.4) is 0 Å². The maximum atomic E-state index is 5.87. The lowest BCUT2D eigenvalue weighted by Gasteiger charge is -2.16. The van der Waals surface area contributed by atoms with Gasteiger partial charge in [-0.25, -0.2) is 0 Å². The average molecular weight is 236 g/mol. The van der Waals surface area contributed by atoms with Crippen molar-refractivity contribution < 1.29 is 0 Å². The normalized spacial score (nSPS) is 11.7. The summed E-state index contributed by atoms with van der Waals surface area (Å²) < 4.78 is 0. The van der Waals surface area contributed by atoms with Crippen molar-refractivity contribution in [3.63, 3.8) is 0 Å². The molecule has 86 valence electrons. The van der Waals surface area contributed by atoms with E-state index in [0.717, 1.165) is 24.4 Å². The summed E-state index contributed by atoms with van der Waals surface area (Å²) in [4.78, 5) is 0. The summed E-state index contributed by atoms with van der Waals surface area (Å²) in [5.74, 6) is 5.95. The van der Waals surface area contributed by atoms with Crippen LogP contribution in [0, 0.1) is 11.8 Å². The average Bonchev–Trinajstić information content (AvgIpc) is 2.31. The first-order valence-corrected chi connectivity index (χ1v) is 6.04. The summed E-state index contributed by atoms with van der Waals surface area (Å²) in [5.41, 5.74) is 1.29. The molecule has 0 amide bonds. The van der Waals surface area contributed by atoms with E-state index >= 15 is 0 Å². The molecule has 16 heavy (non-hydrogen) atoms. The minimum absolute atomic E-state index is 0.399. The monoisotopic (exact) mass is 235 g/mol. The first-order valence-electron chi connectivity index (χ1n) is 5.66. The van der Waals surface area contributed by atoms with Crippen LogP contribution < -0.4 is 5.32 Å². The van der Waals surface area contributed by atoms with Crippen molar-refractivity contribution in [2.45, 2.75) is 32.7 Å². The minimum Gasteiger partial charge on any atom is -0.309 e. The third-order valence-corrected chi connectivity index (χ3v) is 2.75. The van der Waals surface area contributed by atoms with Gasteiger partial charge in [0.2, 0.25) is 0 Å². The van der Waals surface area contributed by atoms with Crippen LogP contribution in [-0.2, 0) is 0 Å². The number of rotatable bonds is 5. The summed E-state index contributed by atoms with van der Waals surface area (Å²) in [6, 6.07) is 8.43. The Morgan fingerprint density at radius 2 is 2.00 bits per heavy atom. The first-order chi connectivity index (χ1) is 7.77. The molecule has 1 atom stereocenters. The molecule has 2 heteroatoms. The Hall–Kier alpha value is -0.970. The van der Waals surface area contributed by atoms with Gasteiger partial charge in [-0.2, -0.15) is 0 Å². The molecule has 0 spiro atoms. The van der Waals surface area contributed by atoms with E-state index in [2.05, 4.69) is 36.2 Å². The van der Waals surface area contributed by atoms with Crippen LogP contribution in [0.1, 0.15) is 38.3 Å². The summed E-state index contributed by atoms with van der Waals surface area (Å²) in [6.07, 6.45) is 1.97. The second-order valence-electron chi connectivity index (χ2n) is 3.64. The van der Waals surface area contributed by atoms with Gasteiger partial charge in [0.05, 0.1) is 0 Å². The van der Waals surface area contributed by atoms with Crippen LogP contribution in [0.25, 0.3) is 0 Å². The van der Waals surface area contributed by atoms with Crippen molar-refractivity contribution in [3.8, 4) is 11.8 Å². The Labute approximate surface area is 103 Å². The number of benzene rings is 1. The fraction of sp³-hybridized carbons (Fsp3) is 0.429. The minimum atomic E-state index is 0.399. The number of halogens is 1. The van der Waals surface area contributed by atoms with Gasteiger partial charge in [0.15, 0.2) is 0 Å². The number of nitrogens with one attached hydrogen (secondary N) is 1. The zero-order valence-corrected chi connectivity index (χ0v) is 10.6. The molecule has 1 rings (SSSR count). The van der Waals surface area contributed by atoms with Crippen molar-refractivity contribution in [1.82, 2.24) is 5.32 Å². The molecule has 0 aromatic heterocycles. The van der Waals surface area contributed by atoms with Crippen LogP contribution in [-0.4, -0.2) is 6.54 Å². The third kappa shape index (κ3) is 4.26. The molecule has 0 fully saturated rings. The van der Waals surface area contributed by atoms with E-state index < -0.39 is 0 Å². The standard InChI is InChI=1S/C14H18ClN/c1-3-5-6-11-16-14(4-2)12-7-9-13(15)10-8-12/h7-10,14,16H,4,6,11H2,1-2H3. The van der Waals surface area contributed by atoms with Crippen molar-refractivity contribution in [3.05, 3.63) is 34.9 Å². The molecule has 0 bridgehead atoms. The van der Waals surface area contributed by atoms with Crippen LogP contribution in [0.15, 0.2) is 24.3 Å². The topological polar surface area (TPSA) is 12.0 Å². The molecule has 0 radical (unpaired) electrons. The smallest absolute Gasteiger partial charge is 0.0406 e. The lowest BCUT2D eigenvalue weighted by Crippen LogP contribution is -2.21. The van der Waals surface area contributed by atoms with Crippen molar-refractivity contribution in [2.24, 2.45) is 0 Å². The maximum absolute atomic E-state index is 5.87. The van der Waals surface area contributed by atoms with Gasteiger partial charge in [-0.3, -0.25) is 0 Å². The van der Waals surface area contributed by atoms with Crippen LogP contribution in [0.5, 0.6) is 0 Å². The SMILES string of the molecule is CC#CCCNC(CC)c1ccc(Cl)cc1. The Morgan fingerprint density at radius 3 is 2.56 bits per heavy atom. The lowest BCUT2D eigenvalue weighted by atomic mass is 10.0. The fourth-order valence-corrected chi connectivity index (χ4v) is 1.75. The summed E-state index contributed by atoms with van der Waals surface area (Å²) in [5, 5.41) is 4.28. The molecule has 1 N–H and O–H groups in total. The molecule has 0 aliphatic carbocycles. The molecule has 1 aromatic carbocycles. The molecule has 0 saturated carbocycles. The maximum Gasteiger partial charge on any atom is 0.0406 e. The van der Waals surface area contributed by atoms with E-state index in [1.54, 1.807) is 0 Å². The van der Waals surface area contributed by atoms with Crippen molar-refractivity contribution in [1.29, 1.82) is 0 Å². The molecule has 0 aliphatic heterocycles. The highest BCUT2D eigenvalue weighted by molar-refractivity contribution is 6.30. The lowest BCUT2D eigenvalue weighted by molar-refractivity contribution is 0.527. The molecular formula is C14H18ClN. The Balaban J connectivity index is 2.52. The summed E-state index contributed by atoms with van der Waals surface area (Å²) in [7, 11) is 0.